The minimum Gasteiger partial charge on any atom is -0.490 e. The second-order valence-electron chi connectivity index (χ2n) is 5.12. The number of aromatic nitrogens is 2. The first-order valence-electron chi connectivity index (χ1n) is 6.03. The van der Waals surface area contributed by atoms with E-state index in [-0.39, 0.29) is 17.3 Å². The lowest BCUT2D eigenvalue weighted by molar-refractivity contribution is -0.122. The zero-order valence-corrected chi connectivity index (χ0v) is 11.8. The average Bonchev–Trinajstić information content (AvgIpc) is 2.26. The lowest BCUT2D eigenvalue weighted by Crippen LogP contribution is -2.41. The van der Waals surface area contributed by atoms with Crippen LogP contribution in [0, 0.1) is 0 Å². The van der Waals surface area contributed by atoms with Gasteiger partial charge in [0.25, 0.3) is 0 Å². The van der Waals surface area contributed by atoms with Gasteiger partial charge >= 0.3 is 0 Å². The van der Waals surface area contributed by atoms with Gasteiger partial charge in [0.1, 0.15) is 6.33 Å². The third-order valence-electron chi connectivity index (χ3n) is 2.19. The van der Waals surface area contributed by atoms with Gasteiger partial charge in [0.05, 0.1) is 7.11 Å². The Hall–Kier alpha value is -2.05. The number of ether oxygens (including phenoxy) is 1. The molecule has 0 aromatic carbocycles. The maximum Gasteiger partial charge on any atom is 0.222 e. The van der Waals surface area contributed by atoms with Crippen molar-refractivity contribution >= 4 is 17.5 Å². The molecule has 0 saturated heterocycles. The fourth-order valence-corrected chi connectivity index (χ4v) is 1.49. The number of nitrogen functional groups attached to an aromatic ring is 1. The Morgan fingerprint density at radius 2 is 2.11 bits per heavy atom. The second kappa shape index (κ2) is 6.21. The summed E-state index contributed by atoms with van der Waals surface area (Å²) >= 11 is 0. The average molecular weight is 267 g/mol. The summed E-state index contributed by atoms with van der Waals surface area (Å²) in [5.41, 5.74) is 5.42. The minimum absolute atomic E-state index is 0.0269. The predicted octanol–water partition coefficient (Wildman–Crippen LogP) is 0.784. The SMILES string of the molecule is COc1c(N)ncnc1NCCC(=O)NC(C)(C)C. The van der Waals surface area contributed by atoms with Gasteiger partial charge in [-0.2, -0.15) is 0 Å². The molecule has 1 aromatic heterocycles. The highest BCUT2D eigenvalue weighted by molar-refractivity contribution is 5.77. The normalized spacial score (nSPS) is 10.9. The number of nitrogens with two attached hydrogens (primary N) is 1. The van der Waals surface area contributed by atoms with Crippen LogP contribution in [0.5, 0.6) is 5.75 Å². The van der Waals surface area contributed by atoms with Crippen molar-refractivity contribution in [2.45, 2.75) is 32.7 Å². The van der Waals surface area contributed by atoms with Crippen LogP contribution in [-0.2, 0) is 4.79 Å². The van der Waals surface area contributed by atoms with Gasteiger partial charge in [0, 0.05) is 18.5 Å². The van der Waals surface area contributed by atoms with Crippen molar-refractivity contribution < 1.29 is 9.53 Å². The third-order valence-corrected chi connectivity index (χ3v) is 2.19. The Bertz CT molecular complexity index is 442. The van der Waals surface area contributed by atoms with Crippen molar-refractivity contribution in [3.63, 3.8) is 0 Å². The van der Waals surface area contributed by atoms with Crippen LogP contribution in [0.4, 0.5) is 11.6 Å². The maximum atomic E-state index is 11.6. The van der Waals surface area contributed by atoms with Crippen LogP contribution in [0.2, 0.25) is 0 Å². The number of nitrogens with zero attached hydrogens (tertiary/aromatic N) is 2. The molecule has 7 nitrogen and oxygen atoms in total. The Labute approximate surface area is 113 Å². The molecule has 1 amide bonds. The summed E-state index contributed by atoms with van der Waals surface area (Å²) in [5.74, 6) is 1.11. The Morgan fingerprint density at radius 1 is 1.42 bits per heavy atom. The maximum absolute atomic E-state index is 11.6. The zero-order valence-electron chi connectivity index (χ0n) is 11.8. The molecule has 106 valence electrons. The molecule has 4 N–H and O–H groups in total. The molecule has 0 aliphatic rings. The van der Waals surface area contributed by atoms with E-state index < -0.39 is 0 Å². The van der Waals surface area contributed by atoms with Crippen LogP contribution < -0.4 is 21.1 Å². The van der Waals surface area contributed by atoms with E-state index >= 15 is 0 Å². The van der Waals surface area contributed by atoms with Gasteiger partial charge in [-0.15, -0.1) is 0 Å². The highest BCUT2D eigenvalue weighted by atomic mass is 16.5. The number of rotatable bonds is 5. The first-order chi connectivity index (χ1) is 8.83. The number of carbonyl (C=O) groups is 1. The van der Waals surface area contributed by atoms with Gasteiger partial charge in [-0.3, -0.25) is 4.79 Å². The van der Waals surface area contributed by atoms with Crippen LogP contribution >= 0.6 is 0 Å². The molecule has 0 aliphatic carbocycles. The molecule has 0 aliphatic heterocycles. The van der Waals surface area contributed by atoms with Crippen molar-refractivity contribution in [3.05, 3.63) is 6.33 Å². The van der Waals surface area contributed by atoms with E-state index in [0.717, 1.165) is 0 Å². The molecule has 0 saturated carbocycles. The quantitative estimate of drug-likeness (QED) is 0.728. The van der Waals surface area contributed by atoms with E-state index in [1.807, 2.05) is 20.8 Å². The summed E-state index contributed by atoms with van der Waals surface area (Å²) in [6.07, 6.45) is 1.68. The summed E-state index contributed by atoms with van der Waals surface area (Å²) < 4.78 is 5.10. The van der Waals surface area contributed by atoms with E-state index in [9.17, 15) is 4.79 Å². The van der Waals surface area contributed by atoms with Gasteiger partial charge in [0.2, 0.25) is 11.7 Å². The van der Waals surface area contributed by atoms with Gasteiger partial charge in [-0.05, 0) is 20.8 Å². The van der Waals surface area contributed by atoms with Gasteiger partial charge in [-0.25, -0.2) is 9.97 Å². The van der Waals surface area contributed by atoms with Crippen molar-refractivity contribution in [3.8, 4) is 5.75 Å². The van der Waals surface area contributed by atoms with Gasteiger partial charge in [0.15, 0.2) is 11.6 Å². The van der Waals surface area contributed by atoms with Crippen molar-refractivity contribution in [1.29, 1.82) is 0 Å². The molecule has 19 heavy (non-hydrogen) atoms. The number of methoxy groups -OCH3 is 1. The number of hydrogen-bond donors (Lipinski definition) is 3. The van der Waals surface area contributed by atoms with Crippen LogP contribution in [-0.4, -0.2) is 35.1 Å². The summed E-state index contributed by atoms with van der Waals surface area (Å²) in [5, 5.41) is 5.88. The second-order valence-corrected chi connectivity index (χ2v) is 5.12. The lowest BCUT2D eigenvalue weighted by Gasteiger charge is -2.20. The monoisotopic (exact) mass is 267 g/mol. The van der Waals surface area contributed by atoms with E-state index in [2.05, 4.69) is 20.6 Å². The molecule has 1 aromatic rings. The first kappa shape index (κ1) is 15.0. The topological polar surface area (TPSA) is 102 Å². The third kappa shape index (κ3) is 4.99. The molecule has 7 heteroatoms. The molecule has 1 heterocycles. The molecule has 1 rings (SSSR count). The molecule has 0 radical (unpaired) electrons. The molecule has 0 fully saturated rings. The first-order valence-corrected chi connectivity index (χ1v) is 6.03. The fraction of sp³-hybridized carbons (Fsp3) is 0.583. The Kier molecular flexibility index (Phi) is 4.91. The van der Waals surface area contributed by atoms with Crippen LogP contribution in [0.15, 0.2) is 6.33 Å². The van der Waals surface area contributed by atoms with E-state index in [1.165, 1.54) is 13.4 Å². The number of amides is 1. The number of carbonyl (C=O) groups excluding carboxylic acids is 1. The predicted molar refractivity (Wildman–Crippen MR) is 74.0 cm³/mol. The standard InChI is InChI=1S/C12H21N5O2/c1-12(2,3)17-8(18)5-6-14-11-9(19-4)10(13)15-7-16-11/h7H,5-6H2,1-4H3,(H,17,18)(H3,13,14,15,16). The molecular formula is C12H21N5O2. The zero-order chi connectivity index (χ0) is 14.5. The van der Waals surface area contributed by atoms with Crippen molar-refractivity contribution in [1.82, 2.24) is 15.3 Å². The van der Waals surface area contributed by atoms with Crippen LogP contribution in [0.25, 0.3) is 0 Å². The van der Waals surface area contributed by atoms with E-state index in [0.29, 0.717) is 24.5 Å². The van der Waals surface area contributed by atoms with E-state index in [1.54, 1.807) is 0 Å². The summed E-state index contributed by atoms with van der Waals surface area (Å²) in [7, 11) is 1.49. The van der Waals surface area contributed by atoms with Crippen LogP contribution in [0.1, 0.15) is 27.2 Å². The summed E-state index contributed by atoms with van der Waals surface area (Å²) in [6.45, 7) is 6.25. The highest BCUT2D eigenvalue weighted by Gasteiger charge is 2.14. The smallest absolute Gasteiger partial charge is 0.222 e. The van der Waals surface area contributed by atoms with E-state index in [4.69, 9.17) is 10.5 Å². The Balaban J connectivity index is 2.50. The molecule has 0 bridgehead atoms. The van der Waals surface area contributed by atoms with Gasteiger partial charge in [-0.1, -0.05) is 0 Å². The van der Waals surface area contributed by atoms with Crippen molar-refractivity contribution in [2.24, 2.45) is 0 Å². The number of hydrogen-bond acceptors (Lipinski definition) is 6. The number of anilines is 2. The fourth-order valence-electron chi connectivity index (χ4n) is 1.49. The van der Waals surface area contributed by atoms with Crippen molar-refractivity contribution in [2.75, 3.05) is 24.7 Å². The molecule has 0 spiro atoms. The molecule has 0 atom stereocenters. The van der Waals surface area contributed by atoms with Crippen LogP contribution in [0.3, 0.4) is 0 Å². The molecule has 0 unspecified atom stereocenters. The summed E-state index contributed by atoms with van der Waals surface area (Å²) in [4.78, 5) is 19.5. The number of nitrogens with one attached hydrogen (secondary N) is 2. The lowest BCUT2D eigenvalue weighted by atomic mass is 10.1. The molecular weight excluding hydrogens is 246 g/mol. The summed E-state index contributed by atoms with van der Waals surface area (Å²) in [6, 6.07) is 0. The Morgan fingerprint density at radius 3 is 2.68 bits per heavy atom. The van der Waals surface area contributed by atoms with Gasteiger partial charge < -0.3 is 21.1 Å². The minimum atomic E-state index is -0.228. The largest absolute Gasteiger partial charge is 0.490 e. The highest BCUT2D eigenvalue weighted by Crippen LogP contribution is 2.25.